The molecule has 7 nitrogen and oxygen atoms in total. The van der Waals surface area contributed by atoms with Gasteiger partial charge in [0.15, 0.2) is 5.82 Å². The molecule has 0 spiro atoms. The Morgan fingerprint density at radius 2 is 2.37 bits per heavy atom. The van der Waals surface area contributed by atoms with Crippen LogP contribution in [0.4, 0.5) is 11.5 Å². The van der Waals surface area contributed by atoms with Crippen LogP contribution in [0.5, 0.6) is 5.88 Å². The number of hydrogen-bond acceptors (Lipinski definition) is 7. The molecule has 0 aliphatic carbocycles. The zero-order chi connectivity index (χ0) is 13.8. The first kappa shape index (κ1) is 13.8. The molecule has 1 fully saturated rings. The predicted molar refractivity (Wildman–Crippen MR) is 71.2 cm³/mol. The van der Waals surface area contributed by atoms with Crippen LogP contribution in [-0.2, 0) is 4.74 Å². The fourth-order valence-corrected chi connectivity index (χ4v) is 2.07. The Morgan fingerprint density at radius 3 is 3.05 bits per heavy atom. The lowest BCUT2D eigenvalue weighted by atomic mass is 10.2. The summed E-state index contributed by atoms with van der Waals surface area (Å²) in [7, 11) is 0. The molecule has 7 heteroatoms. The fourth-order valence-electron chi connectivity index (χ4n) is 2.07. The minimum atomic E-state index is -0.221. The van der Waals surface area contributed by atoms with Gasteiger partial charge in [0, 0.05) is 6.54 Å². The van der Waals surface area contributed by atoms with Crippen molar-refractivity contribution in [1.82, 2.24) is 9.97 Å². The van der Waals surface area contributed by atoms with E-state index in [1.807, 2.05) is 18.7 Å². The normalized spacial score (nSPS) is 23.4. The van der Waals surface area contributed by atoms with Gasteiger partial charge in [0.05, 0.1) is 32.0 Å². The summed E-state index contributed by atoms with van der Waals surface area (Å²) in [6, 6.07) is 0.134. The molecule has 1 aromatic heterocycles. The highest BCUT2D eigenvalue weighted by atomic mass is 16.5. The van der Waals surface area contributed by atoms with Crippen LogP contribution in [0.3, 0.4) is 0 Å². The maximum absolute atomic E-state index is 9.21. The number of nitrogen functional groups attached to an aromatic ring is 1. The fraction of sp³-hybridized carbons (Fsp3) is 0.667. The Kier molecular flexibility index (Phi) is 4.39. The van der Waals surface area contributed by atoms with Crippen molar-refractivity contribution >= 4 is 11.5 Å². The van der Waals surface area contributed by atoms with Crippen molar-refractivity contribution in [2.24, 2.45) is 0 Å². The first-order valence-corrected chi connectivity index (χ1v) is 6.39. The molecular weight excluding hydrogens is 248 g/mol. The van der Waals surface area contributed by atoms with Gasteiger partial charge in [-0.1, -0.05) is 0 Å². The summed E-state index contributed by atoms with van der Waals surface area (Å²) in [5, 5.41) is 9.21. The Balaban J connectivity index is 2.26. The van der Waals surface area contributed by atoms with Crippen LogP contribution in [0, 0.1) is 0 Å². The molecule has 2 unspecified atom stereocenters. The van der Waals surface area contributed by atoms with E-state index in [-0.39, 0.29) is 18.8 Å². The smallest absolute Gasteiger partial charge is 0.242 e. The van der Waals surface area contributed by atoms with Gasteiger partial charge < -0.3 is 25.2 Å². The van der Waals surface area contributed by atoms with Crippen LogP contribution >= 0.6 is 0 Å². The lowest BCUT2D eigenvalue weighted by Crippen LogP contribution is -2.50. The molecular formula is C12H20N4O3. The number of rotatable bonds is 4. The highest BCUT2D eigenvalue weighted by Crippen LogP contribution is 2.30. The average Bonchev–Trinajstić information content (AvgIpc) is 2.42. The van der Waals surface area contributed by atoms with Crippen LogP contribution in [0.1, 0.15) is 13.8 Å². The number of aliphatic hydroxyl groups is 1. The van der Waals surface area contributed by atoms with Crippen LogP contribution in [-0.4, -0.2) is 53.6 Å². The molecule has 106 valence electrons. The molecule has 0 aromatic carbocycles. The van der Waals surface area contributed by atoms with E-state index in [2.05, 4.69) is 9.97 Å². The van der Waals surface area contributed by atoms with Crippen molar-refractivity contribution in [3.8, 4) is 5.88 Å². The summed E-state index contributed by atoms with van der Waals surface area (Å²) < 4.78 is 10.9. The van der Waals surface area contributed by atoms with Gasteiger partial charge in [-0.2, -0.15) is 4.98 Å². The van der Waals surface area contributed by atoms with E-state index in [9.17, 15) is 5.11 Å². The first-order valence-electron chi connectivity index (χ1n) is 6.39. The number of nitrogens with two attached hydrogens (primary N) is 1. The van der Waals surface area contributed by atoms with Crippen molar-refractivity contribution in [2.75, 3.05) is 37.0 Å². The van der Waals surface area contributed by atoms with Crippen molar-refractivity contribution in [3.05, 3.63) is 6.33 Å². The maximum Gasteiger partial charge on any atom is 0.242 e. The van der Waals surface area contributed by atoms with Gasteiger partial charge in [0.1, 0.15) is 12.0 Å². The maximum atomic E-state index is 9.21. The number of aliphatic hydroxyl groups excluding tert-OH is 1. The molecule has 0 amide bonds. The molecule has 0 radical (unpaired) electrons. The lowest BCUT2D eigenvalue weighted by molar-refractivity contribution is -0.0105. The summed E-state index contributed by atoms with van der Waals surface area (Å²) in [4.78, 5) is 10.3. The third-order valence-corrected chi connectivity index (χ3v) is 3.09. The van der Waals surface area contributed by atoms with E-state index in [4.69, 9.17) is 15.2 Å². The number of ether oxygens (including phenoxy) is 2. The topological polar surface area (TPSA) is 93.7 Å². The Labute approximate surface area is 112 Å². The highest BCUT2D eigenvalue weighted by Gasteiger charge is 2.28. The van der Waals surface area contributed by atoms with Crippen molar-refractivity contribution in [3.63, 3.8) is 0 Å². The Morgan fingerprint density at radius 1 is 1.58 bits per heavy atom. The van der Waals surface area contributed by atoms with Gasteiger partial charge in [0.2, 0.25) is 5.88 Å². The van der Waals surface area contributed by atoms with Gasteiger partial charge in [-0.3, -0.25) is 0 Å². The van der Waals surface area contributed by atoms with Crippen LogP contribution in [0.2, 0.25) is 0 Å². The highest BCUT2D eigenvalue weighted by molar-refractivity contribution is 5.68. The van der Waals surface area contributed by atoms with Crippen LogP contribution in [0.15, 0.2) is 6.33 Å². The summed E-state index contributed by atoms with van der Waals surface area (Å²) in [5.41, 5.74) is 6.48. The summed E-state index contributed by atoms with van der Waals surface area (Å²) in [5.74, 6) is 1.03. The molecule has 3 N–H and O–H groups in total. The number of hydrogen-bond donors (Lipinski definition) is 2. The van der Waals surface area contributed by atoms with Crippen molar-refractivity contribution in [1.29, 1.82) is 0 Å². The zero-order valence-corrected chi connectivity index (χ0v) is 11.2. The second-order valence-corrected chi connectivity index (χ2v) is 4.49. The third-order valence-electron chi connectivity index (χ3n) is 3.09. The summed E-state index contributed by atoms with van der Waals surface area (Å²) in [6.07, 6.45) is 1.22. The molecule has 1 aliphatic heterocycles. The Bertz CT molecular complexity index is 429. The molecule has 19 heavy (non-hydrogen) atoms. The molecule has 2 heterocycles. The van der Waals surface area contributed by atoms with Crippen molar-refractivity contribution < 1.29 is 14.6 Å². The minimum Gasteiger partial charge on any atom is -0.476 e. The summed E-state index contributed by atoms with van der Waals surface area (Å²) >= 11 is 0. The first-order chi connectivity index (χ1) is 9.17. The zero-order valence-electron chi connectivity index (χ0n) is 11.2. The van der Waals surface area contributed by atoms with Gasteiger partial charge in [-0.25, -0.2) is 4.98 Å². The van der Waals surface area contributed by atoms with Gasteiger partial charge in [0.25, 0.3) is 0 Å². The van der Waals surface area contributed by atoms with Gasteiger partial charge in [-0.05, 0) is 13.8 Å². The second kappa shape index (κ2) is 6.03. The number of anilines is 2. The molecule has 1 aromatic rings. The minimum absolute atomic E-state index is 0.0213. The van der Waals surface area contributed by atoms with E-state index < -0.39 is 0 Å². The Hall–Kier alpha value is -1.60. The number of nitrogens with zero attached hydrogens (tertiary/aromatic N) is 3. The lowest BCUT2D eigenvalue weighted by Gasteiger charge is -2.38. The standard InChI is InChI=1S/C12H20N4O3/c1-3-18-12-10(13)11(14-7-15-12)16-4-9(5-17)19-6-8(16)2/h7-9,17H,3-6,13H2,1-2H3. The molecule has 1 saturated heterocycles. The SMILES string of the molecule is CCOc1ncnc(N2CC(CO)OCC2C)c1N. The monoisotopic (exact) mass is 268 g/mol. The second-order valence-electron chi connectivity index (χ2n) is 4.49. The van der Waals surface area contributed by atoms with Crippen molar-refractivity contribution in [2.45, 2.75) is 26.0 Å². The van der Waals surface area contributed by atoms with E-state index >= 15 is 0 Å². The average molecular weight is 268 g/mol. The molecule has 1 aliphatic rings. The summed E-state index contributed by atoms with van der Waals surface area (Å²) in [6.45, 7) is 5.45. The van der Waals surface area contributed by atoms with Crippen LogP contribution in [0.25, 0.3) is 0 Å². The van der Waals surface area contributed by atoms with Gasteiger partial charge >= 0.3 is 0 Å². The molecule has 2 atom stereocenters. The van der Waals surface area contributed by atoms with E-state index in [0.717, 1.165) is 0 Å². The van der Waals surface area contributed by atoms with E-state index in [1.54, 1.807) is 0 Å². The van der Waals surface area contributed by atoms with E-state index in [1.165, 1.54) is 6.33 Å². The third kappa shape index (κ3) is 2.87. The molecule has 0 bridgehead atoms. The van der Waals surface area contributed by atoms with E-state index in [0.29, 0.717) is 37.1 Å². The number of aromatic nitrogens is 2. The van der Waals surface area contributed by atoms with Gasteiger partial charge in [-0.15, -0.1) is 0 Å². The van der Waals surface area contributed by atoms with Crippen LogP contribution < -0.4 is 15.4 Å². The number of morpholine rings is 1. The largest absolute Gasteiger partial charge is 0.476 e. The molecule has 0 saturated carbocycles. The quantitative estimate of drug-likeness (QED) is 0.796. The molecule has 2 rings (SSSR count). The predicted octanol–water partition coefficient (Wildman–Crippen LogP) is 0.0435.